The summed E-state index contributed by atoms with van der Waals surface area (Å²) in [7, 11) is 0. The standard InChI is InChI=1S/C13H17F3N4O/c14-13(15,16)11-3-4-12(19-18-11)17-6-10-7-20-5-1-2-9(20)8-21-10/h3-4,9-10H,1-2,5-8H2,(H,17,19). The molecular weight excluding hydrogens is 285 g/mol. The maximum atomic E-state index is 12.4. The molecule has 0 amide bonds. The van der Waals surface area contributed by atoms with Crippen LogP contribution in [-0.2, 0) is 10.9 Å². The van der Waals surface area contributed by atoms with Crippen molar-refractivity contribution in [1.29, 1.82) is 0 Å². The van der Waals surface area contributed by atoms with E-state index in [1.165, 1.54) is 18.9 Å². The van der Waals surface area contributed by atoms with Crippen molar-refractivity contribution in [3.05, 3.63) is 17.8 Å². The number of halogens is 3. The van der Waals surface area contributed by atoms with E-state index in [0.29, 0.717) is 18.4 Å². The molecule has 0 spiro atoms. The molecule has 2 fully saturated rings. The molecule has 0 radical (unpaired) electrons. The van der Waals surface area contributed by atoms with Gasteiger partial charge in [-0.2, -0.15) is 13.2 Å². The normalized spacial score (nSPS) is 26.6. The quantitative estimate of drug-likeness (QED) is 0.922. The molecule has 1 aromatic heterocycles. The molecule has 0 aliphatic carbocycles. The van der Waals surface area contributed by atoms with Crippen LogP contribution in [0.2, 0.25) is 0 Å². The van der Waals surface area contributed by atoms with Crippen LogP contribution in [-0.4, -0.2) is 53.5 Å². The smallest absolute Gasteiger partial charge is 0.373 e. The molecule has 5 nitrogen and oxygen atoms in total. The Kier molecular flexibility index (Phi) is 3.99. The van der Waals surface area contributed by atoms with Gasteiger partial charge in [0.1, 0.15) is 5.82 Å². The molecular formula is C13H17F3N4O. The second-order valence-electron chi connectivity index (χ2n) is 5.43. The van der Waals surface area contributed by atoms with Crippen molar-refractivity contribution in [2.75, 3.05) is 31.6 Å². The third-order valence-electron chi connectivity index (χ3n) is 3.93. The lowest BCUT2D eigenvalue weighted by Gasteiger charge is -2.35. The number of ether oxygens (including phenoxy) is 1. The second kappa shape index (κ2) is 5.76. The molecule has 0 saturated carbocycles. The summed E-state index contributed by atoms with van der Waals surface area (Å²) in [5, 5.41) is 9.70. The highest BCUT2D eigenvalue weighted by atomic mass is 19.4. The fourth-order valence-electron chi connectivity index (χ4n) is 2.81. The number of rotatable bonds is 3. The van der Waals surface area contributed by atoms with E-state index >= 15 is 0 Å². The van der Waals surface area contributed by atoms with Gasteiger partial charge >= 0.3 is 6.18 Å². The zero-order valence-corrected chi connectivity index (χ0v) is 11.4. The van der Waals surface area contributed by atoms with Gasteiger partial charge in [-0.05, 0) is 31.5 Å². The second-order valence-corrected chi connectivity index (χ2v) is 5.43. The number of nitrogens with one attached hydrogen (secondary N) is 1. The summed E-state index contributed by atoms with van der Waals surface area (Å²) < 4.78 is 42.9. The van der Waals surface area contributed by atoms with Crippen molar-refractivity contribution >= 4 is 5.82 Å². The van der Waals surface area contributed by atoms with Crippen LogP contribution in [0.25, 0.3) is 0 Å². The lowest BCUT2D eigenvalue weighted by atomic mass is 10.2. The summed E-state index contributed by atoms with van der Waals surface area (Å²) in [5.74, 6) is 0.329. The van der Waals surface area contributed by atoms with Crippen molar-refractivity contribution < 1.29 is 17.9 Å². The predicted octanol–water partition coefficient (Wildman–Crippen LogP) is 1.77. The Morgan fingerprint density at radius 3 is 2.90 bits per heavy atom. The number of hydrogen-bond donors (Lipinski definition) is 1. The van der Waals surface area contributed by atoms with Crippen LogP contribution >= 0.6 is 0 Å². The van der Waals surface area contributed by atoms with Crippen LogP contribution < -0.4 is 5.32 Å². The SMILES string of the molecule is FC(F)(F)c1ccc(NCC2CN3CCCC3CO2)nn1. The summed E-state index contributed by atoms with van der Waals surface area (Å²) in [6.45, 7) is 3.20. The monoisotopic (exact) mass is 302 g/mol. The molecule has 21 heavy (non-hydrogen) atoms. The van der Waals surface area contributed by atoms with Gasteiger partial charge in [-0.25, -0.2) is 0 Å². The number of nitrogens with zero attached hydrogens (tertiary/aromatic N) is 3. The highest BCUT2D eigenvalue weighted by Gasteiger charge is 2.33. The molecule has 1 aromatic rings. The number of fused-ring (bicyclic) bond motifs is 1. The number of morpholine rings is 1. The topological polar surface area (TPSA) is 50.3 Å². The van der Waals surface area contributed by atoms with Crippen molar-refractivity contribution in [1.82, 2.24) is 15.1 Å². The Hall–Kier alpha value is -1.41. The van der Waals surface area contributed by atoms with E-state index in [1.54, 1.807) is 0 Å². The summed E-state index contributed by atoms with van der Waals surface area (Å²) in [5.41, 5.74) is -0.984. The summed E-state index contributed by atoms with van der Waals surface area (Å²) in [6, 6.07) is 2.75. The van der Waals surface area contributed by atoms with E-state index in [2.05, 4.69) is 20.4 Å². The van der Waals surface area contributed by atoms with Gasteiger partial charge in [-0.3, -0.25) is 4.90 Å². The Morgan fingerprint density at radius 1 is 1.33 bits per heavy atom. The number of hydrogen-bond acceptors (Lipinski definition) is 5. The van der Waals surface area contributed by atoms with Gasteiger partial charge in [0.25, 0.3) is 0 Å². The van der Waals surface area contributed by atoms with Gasteiger partial charge in [-0.1, -0.05) is 0 Å². The molecule has 2 aliphatic rings. The first-order valence-corrected chi connectivity index (χ1v) is 7.03. The van der Waals surface area contributed by atoms with E-state index < -0.39 is 11.9 Å². The zero-order valence-electron chi connectivity index (χ0n) is 11.4. The van der Waals surface area contributed by atoms with Crippen LogP contribution in [0.1, 0.15) is 18.5 Å². The molecule has 3 heterocycles. The molecule has 2 saturated heterocycles. The average Bonchev–Trinajstić information content (AvgIpc) is 2.92. The van der Waals surface area contributed by atoms with Gasteiger partial charge in [0.2, 0.25) is 0 Å². The van der Waals surface area contributed by atoms with Crippen molar-refractivity contribution in [2.45, 2.75) is 31.2 Å². The average molecular weight is 302 g/mol. The number of aromatic nitrogens is 2. The minimum absolute atomic E-state index is 0.0310. The summed E-state index contributed by atoms with van der Waals surface area (Å²) in [4.78, 5) is 2.41. The lowest BCUT2D eigenvalue weighted by molar-refractivity contribution is -0.141. The Bertz CT molecular complexity index is 479. The summed E-state index contributed by atoms with van der Waals surface area (Å²) >= 11 is 0. The van der Waals surface area contributed by atoms with Crippen LogP contribution in [0.5, 0.6) is 0 Å². The summed E-state index contributed by atoms with van der Waals surface area (Å²) in [6.07, 6.45) is -2.03. The first-order valence-electron chi connectivity index (χ1n) is 7.03. The highest BCUT2D eigenvalue weighted by Crippen LogP contribution is 2.27. The van der Waals surface area contributed by atoms with Gasteiger partial charge in [0.05, 0.1) is 12.7 Å². The maximum absolute atomic E-state index is 12.4. The predicted molar refractivity (Wildman–Crippen MR) is 69.9 cm³/mol. The van der Waals surface area contributed by atoms with E-state index in [-0.39, 0.29) is 6.10 Å². The lowest BCUT2D eigenvalue weighted by Crippen LogP contribution is -2.48. The minimum Gasteiger partial charge on any atom is -0.373 e. The number of anilines is 1. The third kappa shape index (κ3) is 3.44. The Balaban J connectivity index is 1.51. The first kappa shape index (κ1) is 14.5. The van der Waals surface area contributed by atoms with Crippen molar-refractivity contribution in [3.63, 3.8) is 0 Å². The molecule has 8 heteroatoms. The minimum atomic E-state index is -4.46. The molecule has 0 bridgehead atoms. The highest BCUT2D eigenvalue weighted by molar-refractivity contribution is 5.33. The van der Waals surface area contributed by atoms with Gasteiger partial charge in [-0.15, -0.1) is 10.2 Å². The fourth-order valence-corrected chi connectivity index (χ4v) is 2.81. The van der Waals surface area contributed by atoms with Gasteiger partial charge in [0.15, 0.2) is 5.69 Å². The van der Waals surface area contributed by atoms with Gasteiger partial charge < -0.3 is 10.1 Å². The van der Waals surface area contributed by atoms with E-state index in [9.17, 15) is 13.2 Å². The maximum Gasteiger partial charge on any atom is 0.435 e. The molecule has 2 unspecified atom stereocenters. The van der Waals surface area contributed by atoms with Crippen LogP contribution in [0.3, 0.4) is 0 Å². The van der Waals surface area contributed by atoms with Crippen LogP contribution in [0.15, 0.2) is 12.1 Å². The molecule has 1 N–H and O–H groups in total. The molecule has 3 rings (SSSR count). The molecule has 2 atom stereocenters. The Labute approximate surface area is 120 Å². The van der Waals surface area contributed by atoms with Crippen molar-refractivity contribution in [3.8, 4) is 0 Å². The zero-order chi connectivity index (χ0) is 14.9. The molecule has 0 aromatic carbocycles. The first-order chi connectivity index (χ1) is 10.0. The number of alkyl halides is 3. The molecule has 116 valence electrons. The van der Waals surface area contributed by atoms with Crippen LogP contribution in [0.4, 0.5) is 19.0 Å². The van der Waals surface area contributed by atoms with E-state index in [0.717, 1.165) is 25.8 Å². The largest absolute Gasteiger partial charge is 0.435 e. The van der Waals surface area contributed by atoms with Crippen LogP contribution in [0, 0.1) is 0 Å². The van der Waals surface area contributed by atoms with E-state index in [1.807, 2.05) is 0 Å². The molecule has 2 aliphatic heterocycles. The van der Waals surface area contributed by atoms with Crippen molar-refractivity contribution in [2.24, 2.45) is 0 Å². The van der Waals surface area contributed by atoms with E-state index in [4.69, 9.17) is 4.74 Å². The third-order valence-corrected chi connectivity index (χ3v) is 3.93. The Morgan fingerprint density at radius 2 is 2.19 bits per heavy atom. The van der Waals surface area contributed by atoms with Gasteiger partial charge in [0, 0.05) is 19.1 Å². The fraction of sp³-hybridized carbons (Fsp3) is 0.692.